The molecule has 33 heavy (non-hydrogen) atoms. The third-order valence-electron chi connectivity index (χ3n) is 6.63. The topological polar surface area (TPSA) is 45.6 Å². The number of ether oxygens (including phenoxy) is 1. The molecule has 0 unspecified atom stereocenters. The molecule has 6 nitrogen and oxygen atoms in total. The van der Waals surface area contributed by atoms with Gasteiger partial charge in [-0.2, -0.15) is 0 Å². The molecule has 7 heteroatoms. The van der Waals surface area contributed by atoms with E-state index in [1.807, 2.05) is 18.3 Å². The first-order chi connectivity index (χ1) is 16.2. The van der Waals surface area contributed by atoms with Gasteiger partial charge in [0.15, 0.2) is 5.11 Å². The molecule has 0 radical (unpaired) electrons. The molecule has 0 aliphatic carbocycles. The van der Waals surface area contributed by atoms with E-state index in [9.17, 15) is 0 Å². The maximum Gasteiger partial charge on any atom is 0.170 e. The minimum Gasteiger partial charge on any atom is -0.379 e. The summed E-state index contributed by atoms with van der Waals surface area (Å²) in [5.74, 6) is 0. The Morgan fingerprint density at radius 1 is 1.03 bits per heavy atom. The Balaban J connectivity index is 1.45. The van der Waals surface area contributed by atoms with Crippen molar-refractivity contribution in [1.82, 2.24) is 24.7 Å². The third kappa shape index (κ3) is 4.67. The average Bonchev–Trinajstić information content (AvgIpc) is 3.45. The lowest BCUT2D eigenvalue weighted by Gasteiger charge is -2.31. The van der Waals surface area contributed by atoms with Crippen LogP contribution in [0.4, 0.5) is 0 Å². The van der Waals surface area contributed by atoms with Gasteiger partial charge in [-0.05, 0) is 61.5 Å². The number of aromatic nitrogens is 2. The second-order valence-electron chi connectivity index (χ2n) is 8.72. The van der Waals surface area contributed by atoms with Crippen molar-refractivity contribution in [2.24, 2.45) is 0 Å². The van der Waals surface area contributed by atoms with Gasteiger partial charge in [-0.15, -0.1) is 0 Å². The van der Waals surface area contributed by atoms with Crippen molar-refractivity contribution < 1.29 is 4.74 Å². The van der Waals surface area contributed by atoms with Crippen molar-refractivity contribution >= 4 is 17.3 Å². The highest BCUT2D eigenvalue weighted by Gasteiger charge is 2.41. The highest BCUT2D eigenvalue weighted by atomic mass is 32.1. The number of nitrogens with zero attached hydrogens (tertiary/aromatic N) is 4. The Kier molecular flexibility index (Phi) is 6.71. The van der Waals surface area contributed by atoms with Crippen molar-refractivity contribution in [2.75, 3.05) is 39.4 Å². The predicted molar refractivity (Wildman–Crippen MR) is 135 cm³/mol. The SMILES string of the molecule is Cc1ccccc1-n1cccc1[C@H]1[C@@H](c2ccccn2)NC(=S)N1CCCN1CCOCC1. The summed E-state index contributed by atoms with van der Waals surface area (Å²) < 4.78 is 7.80. The lowest BCUT2D eigenvalue weighted by molar-refractivity contribution is 0.0365. The number of rotatable bonds is 7. The van der Waals surface area contributed by atoms with E-state index < -0.39 is 0 Å². The Hall–Kier alpha value is -2.74. The summed E-state index contributed by atoms with van der Waals surface area (Å²) in [6.45, 7) is 7.80. The maximum absolute atomic E-state index is 5.87. The molecule has 3 aromatic rings. The zero-order valence-corrected chi connectivity index (χ0v) is 19.9. The minimum absolute atomic E-state index is 0.000227. The van der Waals surface area contributed by atoms with Crippen LogP contribution in [0, 0.1) is 6.92 Å². The second-order valence-corrected chi connectivity index (χ2v) is 9.10. The fourth-order valence-corrected chi connectivity index (χ4v) is 5.28. The van der Waals surface area contributed by atoms with E-state index in [-0.39, 0.29) is 12.1 Å². The molecule has 4 heterocycles. The van der Waals surface area contributed by atoms with Crippen LogP contribution in [0.3, 0.4) is 0 Å². The van der Waals surface area contributed by atoms with E-state index in [1.54, 1.807) is 0 Å². The quantitative estimate of drug-likeness (QED) is 0.539. The largest absolute Gasteiger partial charge is 0.379 e. The summed E-state index contributed by atoms with van der Waals surface area (Å²) >= 11 is 5.87. The molecular weight excluding hydrogens is 430 g/mol. The number of para-hydroxylation sites is 1. The Morgan fingerprint density at radius 3 is 2.64 bits per heavy atom. The van der Waals surface area contributed by atoms with Gasteiger partial charge < -0.3 is 19.5 Å². The van der Waals surface area contributed by atoms with Crippen LogP contribution in [-0.4, -0.2) is 63.9 Å². The molecule has 2 aromatic heterocycles. The molecule has 172 valence electrons. The van der Waals surface area contributed by atoms with Gasteiger partial charge in [-0.1, -0.05) is 24.3 Å². The van der Waals surface area contributed by atoms with E-state index in [4.69, 9.17) is 17.0 Å². The zero-order valence-electron chi connectivity index (χ0n) is 19.1. The molecule has 0 bridgehead atoms. The Labute approximate surface area is 201 Å². The van der Waals surface area contributed by atoms with Crippen LogP contribution in [0.1, 0.15) is 35.5 Å². The minimum atomic E-state index is -0.000227. The average molecular weight is 462 g/mol. The zero-order chi connectivity index (χ0) is 22.6. The lowest BCUT2D eigenvalue weighted by atomic mass is 10.0. The number of hydrogen-bond acceptors (Lipinski definition) is 4. The highest BCUT2D eigenvalue weighted by molar-refractivity contribution is 7.80. The standard InChI is InChI=1S/C26H31N5OS/c1-20-8-2-3-10-22(20)30-14-6-11-23(30)25-24(21-9-4-5-12-27-21)28-26(33)31(25)15-7-13-29-16-18-32-19-17-29/h2-6,8-12,14,24-25H,7,13,15-19H2,1H3,(H,28,33)/t24-,25+/m1/s1. The summed E-state index contributed by atoms with van der Waals surface area (Å²) in [6, 6.07) is 19.0. The summed E-state index contributed by atoms with van der Waals surface area (Å²) in [4.78, 5) is 9.53. The molecule has 2 fully saturated rings. The van der Waals surface area contributed by atoms with Crippen LogP contribution >= 0.6 is 12.2 Å². The molecule has 1 aromatic carbocycles. The number of nitrogens with one attached hydrogen (secondary N) is 1. The first-order valence-corrected chi connectivity index (χ1v) is 12.1. The van der Waals surface area contributed by atoms with Crippen LogP contribution in [0.5, 0.6) is 0 Å². The van der Waals surface area contributed by atoms with E-state index in [0.29, 0.717) is 0 Å². The normalized spacial score (nSPS) is 21.4. The molecule has 1 N–H and O–H groups in total. The second kappa shape index (κ2) is 10.0. The molecule has 0 saturated carbocycles. The number of hydrogen-bond donors (Lipinski definition) is 1. The van der Waals surface area contributed by atoms with Crippen LogP contribution in [0.25, 0.3) is 5.69 Å². The predicted octanol–water partition coefficient (Wildman–Crippen LogP) is 3.88. The molecule has 2 aliphatic rings. The molecule has 5 rings (SSSR count). The number of pyridine rings is 1. The van der Waals surface area contributed by atoms with Gasteiger partial charge in [0.1, 0.15) is 0 Å². The van der Waals surface area contributed by atoms with Gasteiger partial charge >= 0.3 is 0 Å². The molecule has 0 amide bonds. The number of benzene rings is 1. The molecule has 2 aliphatic heterocycles. The first kappa shape index (κ1) is 22.1. The molecular formula is C26H31N5OS. The number of morpholine rings is 1. The van der Waals surface area contributed by atoms with Crippen LogP contribution in [0.15, 0.2) is 67.0 Å². The van der Waals surface area contributed by atoms with E-state index >= 15 is 0 Å². The fourth-order valence-electron chi connectivity index (χ4n) is 4.95. The summed E-state index contributed by atoms with van der Waals surface area (Å²) in [6.07, 6.45) is 5.07. The molecule has 2 saturated heterocycles. The smallest absolute Gasteiger partial charge is 0.170 e. The van der Waals surface area contributed by atoms with E-state index in [0.717, 1.165) is 56.6 Å². The lowest BCUT2D eigenvalue weighted by Crippen LogP contribution is -2.39. The van der Waals surface area contributed by atoms with Crippen LogP contribution in [0.2, 0.25) is 0 Å². The van der Waals surface area contributed by atoms with Gasteiger partial charge in [-0.3, -0.25) is 9.88 Å². The Morgan fingerprint density at radius 2 is 1.85 bits per heavy atom. The number of thiocarbonyl (C=S) groups is 1. The van der Waals surface area contributed by atoms with Gasteiger partial charge in [0.05, 0.1) is 31.0 Å². The van der Waals surface area contributed by atoms with Crippen molar-refractivity contribution in [3.63, 3.8) is 0 Å². The van der Waals surface area contributed by atoms with Crippen molar-refractivity contribution in [2.45, 2.75) is 25.4 Å². The fraction of sp³-hybridized carbons (Fsp3) is 0.385. The van der Waals surface area contributed by atoms with Crippen LogP contribution < -0.4 is 5.32 Å². The summed E-state index contributed by atoms with van der Waals surface area (Å²) in [5.41, 5.74) is 4.68. The highest BCUT2D eigenvalue weighted by Crippen LogP contribution is 2.39. The van der Waals surface area contributed by atoms with E-state index in [1.165, 1.54) is 16.9 Å². The van der Waals surface area contributed by atoms with Gasteiger partial charge in [0.2, 0.25) is 0 Å². The van der Waals surface area contributed by atoms with Crippen molar-refractivity contribution in [3.8, 4) is 5.69 Å². The van der Waals surface area contributed by atoms with Gasteiger partial charge in [-0.25, -0.2) is 0 Å². The first-order valence-electron chi connectivity index (χ1n) is 11.7. The molecule has 2 atom stereocenters. The van der Waals surface area contributed by atoms with E-state index in [2.05, 4.69) is 80.3 Å². The summed E-state index contributed by atoms with van der Waals surface area (Å²) in [7, 11) is 0. The van der Waals surface area contributed by atoms with Gasteiger partial charge in [0.25, 0.3) is 0 Å². The number of aryl methyl sites for hydroxylation is 1. The monoisotopic (exact) mass is 461 g/mol. The van der Waals surface area contributed by atoms with Crippen LogP contribution in [-0.2, 0) is 4.74 Å². The van der Waals surface area contributed by atoms with Crippen molar-refractivity contribution in [3.05, 3.63) is 83.9 Å². The van der Waals surface area contributed by atoms with Gasteiger partial charge in [0, 0.05) is 50.0 Å². The Bertz CT molecular complexity index is 1080. The third-order valence-corrected chi connectivity index (χ3v) is 6.99. The maximum atomic E-state index is 5.87. The summed E-state index contributed by atoms with van der Waals surface area (Å²) in [5, 5.41) is 4.39. The van der Waals surface area contributed by atoms with Crippen molar-refractivity contribution in [1.29, 1.82) is 0 Å². The molecule has 0 spiro atoms.